The Hall–Kier alpha value is -1.36. The maximum absolute atomic E-state index is 12.2. The summed E-state index contributed by atoms with van der Waals surface area (Å²) in [4.78, 5) is 12.2. The third-order valence-corrected chi connectivity index (χ3v) is 4.98. The van der Waals surface area contributed by atoms with Gasteiger partial charge in [-0.3, -0.25) is 9.48 Å². The molecule has 3 rings (SSSR count). The number of carbonyl (C=O) groups excluding carboxylic acids is 1. The average molecular weight is 276 g/mol. The van der Waals surface area contributed by atoms with Gasteiger partial charge in [-0.1, -0.05) is 12.8 Å². The number of amides is 1. The molecule has 1 aromatic heterocycles. The van der Waals surface area contributed by atoms with Crippen molar-refractivity contribution < 1.29 is 4.79 Å². The van der Waals surface area contributed by atoms with E-state index >= 15 is 0 Å². The Labute approximate surface area is 120 Å². The standard InChI is InChI=1S/C15H24N4O/c1-11-9-12(18-19(11)2)5-8-16-14(20)13-15(10-17-13)6-3-4-7-15/h9,13,17H,3-8,10H2,1-2H3,(H,16,20). The lowest BCUT2D eigenvalue weighted by molar-refractivity contribution is -0.130. The summed E-state index contributed by atoms with van der Waals surface area (Å²) in [6, 6.07) is 2.11. The zero-order chi connectivity index (χ0) is 14.2. The number of rotatable bonds is 4. The fraction of sp³-hybridized carbons (Fsp3) is 0.733. The molecule has 1 amide bonds. The fourth-order valence-corrected chi connectivity index (χ4v) is 3.58. The molecule has 1 aliphatic carbocycles. The highest BCUT2D eigenvalue weighted by molar-refractivity contribution is 5.84. The van der Waals surface area contributed by atoms with Crippen LogP contribution in [0.3, 0.4) is 0 Å². The molecule has 1 aliphatic heterocycles. The summed E-state index contributed by atoms with van der Waals surface area (Å²) in [5.74, 6) is 0.172. The lowest BCUT2D eigenvalue weighted by atomic mass is 9.71. The summed E-state index contributed by atoms with van der Waals surface area (Å²) < 4.78 is 1.87. The number of aromatic nitrogens is 2. The summed E-state index contributed by atoms with van der Waals surface area (Å²) in [7, 11) is 1.94. The van der Waals surface area contributed by atoms with E-state index in [0.29, 0.717) is 6.54 Å². The third-order valence-electron chi connectivity index (χ3n) is 4.98. The Morgan fingerprint density at radius 3 is 2.85 bits per heavy atom. The second-order valence-corrected chi connectivity index (χ2v) is 6.33. The zero-order valence-corrected chi connectivity index (χ0v) is 12.4. The van der Waals surface area contributed by atoms with Gasteiger partial charge in [-0.15, -0.1) is 0 Å². The minimum Gasteiger partial charge on any atom is -0.354 e. The van der Waals surface area contributed by atoms with Crippen LogP contribution in [0.1, 0.15) is 37.1 Å². The van der Waals surface area contributed by atoms with Gasteiger partial charge in [-0.25, -0.2) is 0 Å². The highest BCUT2D eigenvalue weighted by Gasteiger charge is 2.51. The summed E-state index contributed by atoms with van der Waals surface area (Å²) in [6.07, 6.45) is 5.76. The van der Waals surface area contributed by atoms with E-state index in [9.17, 15) is 4.79 Å². The Balaban J connectivity index is 1.48. The molecule has 1 saturated carbocycles. The summed E-state index contributed by atoms with van der Waals surface area (Å²) >= 11 is 0. The predicted octanol–water partition coefficient (Wildman–Crippen LogP) is 0.919. The van der Waals surface area contributed by atoms with Crippen LogP contribution in [0.4, 0.5) is 0 Å². The predicted molar refractivity (Wildman–Crippen MR) is 77.4 cm³/mol. The topological polar surface area (TPSA) is 59.0 Å². The van der Waals surface area contributed by atoms with Gasteiger partial charge in [-0.05, 0) is 25.8 Å². The molecule has 1 spiro atoms. The minimum absolute atomic E-state index is 0.0375. The van der Waals surface area contributed by atoms with E-state index in [4.69, 9.17) is 0 Å². The van der Waals surface area contributed by atoms with Gasteiger partial charge in [0.25, 0.3) is 0 Å². The van der Waals surface area contributed by atoms with Gasteiger partial charge in [0.2, 0.25) is 5.91 Å². The zero-order valence-electron chi connectivity index (χ0n) is 12.4. The van der Waals surface area contributed by atoms with Crippen molar-refractivity contribution >= 4 is 5.91 Å². The molecule has 1 saturated heterocycles. The maximum atomic E-state index is 12.2. The smallest absolute Gasteiger partial charge is 0.237 e. The van der Waals surface area contributed by atoms with Gasteiger partial charge in [0.05, 0.1) is 11.7 Å². The van der Waals surface area contributed by atoms with Crippen LogP contribution in [0, 0.1) is 12.3 Å². The first kappa shape index (κ1) is 13.6. The van der Waals surface area contributed by atoms with Gasteiger partial charge in [0.1, 0.15) is 0 Å². The molecule has 5 heteroatoms. The number of hydrogen-bond donors (Lipinski definition) is 2. The van der Waals surface area contributed by atoms with E-state index in [1.807, 2.05) is 18.7 Å². The molecule has 110 valence electrons. The maximum Gasteiger partial charge on any atom is 0.237 e. The average Bonchev–Trinajstić information content (AvgIpc) is 2.98. The van der Waals surface area contributed by atoms with E-state index in [1.54, 1.807) is 0 Å². The van der Waals surface area contributed by atoms with E-state index in [1.165, 1.54) is 25.7 Å². The molecule has 1 unspecified atom stereocenters. The molecule has 20 heavy (non-hydrogen) atoms. The lowest BCUT2D eigenvalue weighted by Gasteiger charge is -2.47. The highest BCUT2D eigenvalue weighted by atomic mass is 16.2. The second-order valence-electron chi connectivity index (χ2n) is 6.33. The first-order valence-electron chi connectivity index (χ1n) is 7.61. The Kier molecular flexibility index (Phi) is 3.54. The van der Waals surface area contributed by atoms with Crippen LogP contribution >= 0.6 is 0 Å². The summed E-state index contributed by atoms with van der Waals surface area (Å²) in [6.45, 7) is 3.73. The van der Waals surface area contributed by atoms with Crippen molar-refractivity contribution in [1.29, 1.82) is 0 Å². The van der Waals surface area contributed by atoms with Crippen LogP contribution in [-0.4, -0.2) is 34.8 Å². The SMILES string of the molecule is Cc1cc(CCNC(=O)C2NCC23CCCC3)nn1C. The number of nitrogens with one attached hydrogen (secondary N) is 2. The van der Waals surface area contributed by atoms with E-state index < -0.39 is 0 Å². The van der Waals surface area contributed by atoms with Crippen molar-refractivity contribution in [3.8, 4) is 0 Å². The van der Waals surface area contributed by atoms with E-state index in [0.717, 1.165) is 24.4 Å². The molecule has 1 aromatic rings. The van der Waals surface area contributed by atoms with Crippen LogP contribution in [0.5, 0.6) is 0 Å². The van der Waals surface area contributed by atoms with Crippen molar-refractivity contribution in [3.63, 3.8) is 0 Å². The van der Waals surface area contributed by atoms with Crippen LogP contribution in [0.25, 0.3) is 0 Å². The van der Waals surface area contributed by atoms with Crippen LogP contribution in [0.2, 0.25) is 0 Å². The molecule has 0 radical (unpaired) electrons. The Morgan fingerprint density at radius 1 is 1.55 bits per heavy atom. The molecule has 0 aromatic carbocycles. The monoisotopic (exact) mass is 276 g/mol. The largest absolute Gasteiger partial charge is 0.354 e. The molecule has 2 fully saturated rings. The van der Waals surface area contributed by atoms with Gasteiger partial charge >= 0.3 is 0 Å². The Morgan fingerprint density at radius 2 is 2.30 bits per heavy atom. The van der Waals surface area contributed by atoms with Gasteiger partial charge in [0, 0.05) is 37.7 Å². The molecule has 1 atom stereocenters. The van der Waals surface area contributed by atoms with Gasteiger partial charge in [-0.2, -0.15) is 5.10 Å². The minimum atomic E-state index is 0.0375. The second kappa shape index (κ2) is 5.20. The molecular formula is C15H24N4O. The Bertz CT molecular complexity index is 482. The first-order chi connectivity index (χ1) is 9.61. The fourth-order valence-electron chi connectivity index (χ4n) is 3.58. The molecular weight excluding hydrogens is 252 g/mol. The van der Waals surface area contributed by atoms with Crippen LogP contribution in [-0.2, 0) is 18.3 Å². The molecule has 5 nitrogen and oxygen atoms in total. The number of nitrogens with zero attached hydrogens (tertiary/aromatic N) is 2. The van der Waals surface area contributed by atoms with Crippen molar-refractivity contribution in [2.45, 2.75) is 45.1 Å². The first-order valence-corrected chi connectivity index (χ1v) is 7.61. The van der Waals surface area contributed by atoms with Crippen molar-refractivity contribution in [3.05, 3.63) is 17.5 Å². The quantitative estimate of drug-likeness (QED) is 0.860. The molecule has 0 bridgehead atoms. The number of aryl methyl sites for hydroxylation is 2. The van der Waals surface area contributed by atoms with Crippen molar-refractivity contribution in [2.24, 2.45) is 12.5 Å². The highest BCUT2D eigenvalue weighted by Crippen LogP contribution is 2.45. The number of carbonyl (C=O) groups is 1. The summed E-state index contributed by atoms with van der Waals surface area (Å²) in [5.41, 5.74) is 2.46. The molecule has 2 N–H and O–H groups in total. The summed E-state index contributed by atoms with van der Waals surface area (Å²) in [5, 5.41) is 10.8. The molecule has 2 heterocycles. The van der Waals surface area contributed by atoms with Crippen molar-refractivity contribution in [1.82, 2.24) is 20.4 Å². The van der Waals surface area contributed by atoms with Gasteiger partial charge < -0.3 is 10.6 Å². The van der Waals surface area contributed by atoms with E-state index in [2.05, 4.69) is 21.8 Å². The van der Waals surface area contributed by atoms with Gasteiger partial charge in [0.15, 0.2) is 0 Å². The third kappa shape index (κ3) is 2.35. The lowest BCUT2D eigenvalue weighted by Crippen LogP contribution is -2.67. The van der Waals surface area contributed by atoms with E-state index in [-0.39, 0.29) is 17.4 Å². The molecule has 2 aliphatic rings. The van der Waals surface area contributed by atoms with Crippen LogP contribution < -0.4 is 10.6 Å². The van der Waals surface area contributed by atoms with Crippen molar-refractivity contribution in [2.75, 3.05) is 13.1 Å². The van der Waals surface area contributed by atoms with Crippen LogP contribution in [0.15, 0.2) is 6.07 Å². The normalized spacial score (nSPS) is 23.8. The number of hydrogen-bond acceptors (Lipinski definition) is 3.